The lowest BCUT2D eigenvalue weighted by Gasteiger charge is -2.35. The van der Waals surface area contributed by atoms with E-state index in [0.717, 1.165) is 31.2 Å². The van der Waals surface area contributed by atoms with E-state index in [2.05, 4.69) is 18.1 Å². The summed E-state index contributed by atoms with van der Waals surface area (Å²) in [6.45, 7) is 12.2. The van der Waals surface area contributed by atoms with Gasteiger partial charge in [0.1, 0.15) is 0 Å². The van der Waals surface area contributed by atoms with E-state index in [-0.39, 0.29) is 6.17 Å². The first-order valence-electron chi connectivity index (χ1n) is 5.57. The van der Waals surface area contributed by atoms with Crippen LogP contribution in [0.1, 0.15) is 26.7 Å². The lowest BCUT2D eigenvalue weighted by molar-refractivity contribution is -0.205. The Morgan fingerprint density at radius 2 is 1.87 bits per heavy atom. The second-order valence-electron chi connectivity index (χ2n) is 3.64. The Bertz CT molecular complexity index is 166. The summed E-state index contributed by atoms with van der Waals surface area (Å²) < 4.78 is 13.4. The first-order valence-corrected chi connectivity index (χ1v) is 5.57. The number of rotatable bonds is 2. The molecule has 1 unspecified atom stereocenters. The predicted octanol–water partition coefficient (Wildman–Crippen LogP) is 2.28. The maximum atomic E-state index is 13.4. The first kappa shape index (κ1) is 14.6. The highest BCUT2D eigenvalue weighted by atomic mass is 19.2. The Balaban J connectivity index is 0.000000921. The van der Waals surface area contributed by atoms with E-state index in [4.69, 9.17) is 0 Å². The lowest BCUT2D eigenvalue weighted by atomic mass is 10.3. The highest BCUT2D eigenvalue weighted by Crippen LogP contribution is 2.14. The van der Waals surface area contributed by atoms with E-state index in [1.165, 1.54) is 0 Å². The van der Waals surface area contributed by atoms with Crippen LogP contribution in [0, 0.1) is 0 Å². The van der Waals surface area contributed by atoms with Gasteiger partial charge in [-0.1, -0.05) is 5.23 Å². The zero-order valence-electron chi connectivity index (χ0n) is 10.2. The molecule has 0 aromatic carbocycles. The molecule has 0 aromatic heterocycles. The molecule has 0 spiro atoms. The van der Waals surface area contributed by atoms with Crippen LogP contribution in [-0.4, -0.2) is 48.0 Å². The molecule has 0 aromatic rings. The average Bonchev–Trinajstić information content (AvgIpc) is 2.44. The molecule has 1 aliphatic heterocycles. The van der Waals surface area contributed by atoms with E-state index < -0.39 is 0 Å². The largest absolute Gasteiger partial charge is 0.290 e. The van der Waals surface area contributed by atoms with Crippen LogP contribution < -0.4 is 0 Å². The van der Waals surface area contributed by atoms with Crippen molar-refractivity contribution in [2.24, 2.45) is 0 Å². The monoisotopic (exact) mass is 217 g/mol. The van der Waals surface area contributed by atoms with Gasteiger partial charge in [-0.25, -0.2) is 0 Å². The van der Waals surface area contributed by atoms with Crippen molar-refractivity contribution in [1.29, 1.82) is 0 Å². The highest BCUT2D eigenvalue weighted by molar-refractivity contribution is 4.68. The van der Waals surface area contributed by atoms with Crippen molar-refractivity contribution in [2.75, 3.05) is 26.7 Å². The van der Waals surface area contributed by atoms with Crippen LogP contribution in [0.2, 0.25) is 0 Å². The second kappa shape index (κ2) is 7.79. The smallest absolute Gasteiger partial charge is 0.0753 e. The number of hydrogen-bond acceptors (Lipinski definition) is 3. The quantitative estimate of drug-likeness (QED) is 0.519. The number of halogens is 1. The summed E-state index contributed by atoms with van der Waals surface area (Å²) in [6, 6.07) is 0. The third kappa shape index (κ3) is 4.28. The van der Waals surface area contributed by atoms with Crippen LogP contribution in [-0.2, 0) is 0 Å². The van der Waals surface area contributed by atoms with E-state index in [1.807, 2.05) is 20.9 Å². The van der Waals surface area contributed by atoms with Gasteiger partial charge < -0.3 is 0 Å². The zero-order chi connectivity index (χ0) is 11.8. The van der Waals surface area contributed by atoms with Crippen LogP contribution in [0.5, 0.6) is 0 Å². The van der Waals surface area contributed by atoms with Gasteiger partial charge in [0.05, 0.1) is 6.17 Å². The molecular weight excluding hydrogens is 193 g/mol. The van der Waals surface area contributed by atoms with E-state index >= 15 is 0 Å². The molecule has 1 fully saturated rings. The second-order valence-corrected chi connectivity index (χ2v) is 3.64. The van der Waals surface area contributed by atoms with Gasteiger partial charge in [0.15, 0.2) is 0 Å². The summed E-state index contributed by atoms with van der Waals surface area (Å²) in [6.07, 6.45) is 2.41. The van der Waals surface area contributed by atoms with Gasteiger partial charge in [-0.3, -0.25) is 4.90 Å². The molecular formula is C11H24FN3. The molecule has 0 aliphatic carbocycles. The normalized spacial score (nSPS) is 24.5. The van der Waals surface area contributed by atoms with Crippen molar-refractivity contribution in [1.82, 2.24) is 15.1 Å². The van der Waals surface area contributed by atoms with Crippen molar-refractivity contribution in [3.8, 4) is 0 Å². The minimum atomic E-state index is 0.174. The molecule has 0 saturated carbocycles. The van der Waals surface area contributed by atoms with Crippen LogP contribution in [0.25, 0.3) is 0 Å². The average molecular weight is 217 g/mol. The topological polar surface area (TPSA) is 9.72 Å². The zero-order valence-corrected chi connectivity index (χ0v) is 10.2. The van der Waals surface area contributed by atoms with Crippen molar-refractivity contribution in [3.63, 3.8) is 0 Å². The van der Waals surface area contributed by atoms with Gasteiger partial charge in [0.25, 0.3) is 0 Å². The molecule has 3 nitrogen and oxygen atoms in total. The van der Waals surface area contributed by atoms with E-state index in [1.54, 1.807) is 5.01 Å². The molecule has 0 N–H and O–H groups in total. The summed E-state index contributed by atoms with van der Waals surface area (Å²) >= 11 is 0. The predicted molar refractivity (Wildman–Crippen MR) is 62.8 cm³/mol. The highest BCUT2D eigenvalue weighted by Gasteiger charge is 2.25. The SMILES string of the molecule is C=C.CCN(F)N1CCCCN(C)C1C. The van der Waals surface area contributed by atoms with Crippen LogP contribution in [0.3, 0.4) is 0 Å². The standard InChI is InChI=1S/C9H20FN3.C2H4/c1-4-13(10)12-8-6-5-7-11(3)9(12)2;1-2/h9H,4-8H2,1-3H3;1-2H2. The molecule has 15 heavy (non-hydrogen) atoms. The van der Waals surface area contributed by atoms with E-state index in [0.29, 0.717) is 6.54 Å². The van der Waals surface area contributed by atoms with Gasteiger partial charge in [0, 0.05) is 13.1 Å². The summed E-state index contributed by atoms with van der Waals surface area (Å²) in [4.78, 5) is 2.19. The molecule has 0 amide bonds. The van der Waals surface area contributed by atoms with Crippen LogP contribution >= 0.6 is 0 Å². The molecule has 4 heteroatoms. The van der Waals surface area contributed by atoms with Gasteiger partial charge in [-0.05, 0) is 40.3 Å². The summed E-state index contributed by atoms with van der Waals surface area (Å²) in [7, 11) is 2.05. The number of nitrogens with zero attached hydrogens (tertiary/aromatic N) is 3. The Morgan fingerprint density at radius 1 is 1.33 bits per heavy atom. The maximum Gasteiger partial charge on any atom is 0.0753 e. The van der Waals surface area contributed by atoms with Crippen LogP contribution in [0.15, 0.2) is 13.2 Å². The Morgan fingerprint density at radius 3 is 2.40 bits per heavy atom. The van der Waals surface area contributed by atoms with Gasteiger partial charge in [-0.2, -0.15) is 5.01 Å². The van der Waals surface area contributed by atoms with Gasteiger partial charge >= 0.3 is 0 Å². The summed E-state index contributed by atoms with van der Waals surface area (Å²) in [5, 5.41) is 2.62. The molecule has 1 aliphatic rings. The molecule has 1 atom stereocenters. The Labute approximate surface area is 93.0 Å². The van der Waals surface area contributed by atoms with Gasteiger partial charge in [-0.15, -0.1) is 17.6 Å². The minimum absolute atomic E-state index is 0.174. The fourth-order valence-electron chi connectivity index (χ4n) is 1.71. The number of hydrazine groups is 1. The lowest BCUT2D eigenvalue weighted by Crippen LogP contribution is -2.49. The minimum Gasteiger partial charge on any atom is -0.290 e. The van der Waals surface area contributed by atoms with Crippen LogP contribution in [0.4, 0.5) is 4.48 Å². The maximum absolute atomic E-state index is 13.4. The Hall–Kier alpha value is -0.450. The first-order chi connectivity index (χ1) is 7.16. The van der Waals surface area contributed by atoms with Crippen molar-refractivity contribution >= 4 is 0 Å². The summed E-state index contributed by atoms with van der Waals surface area (Å²) in [5.74, 6) is 0. The summed E-state index contributed by atoms with van der Waals surface area (Å²) in [5.41, 5.74) is 0. The molecule has 1 heterocycles. The molecule has 0 radical (unpaired) electrons. The van der Waals surface area contributed by atoms with Gasteiger partial charge in [0.2, 0.25) is 0 Å². The van der Waals surface area contributed by atoms with Crippen molar-refractivity contribution in [2.45, 2.75) is 32.9 Å². The van der Waals surface area contributed by atoms with E-state index in [9.17, 15) is 4.48 Å². The third-order valence-corrected chi connectivity index (χ3v) is 2.76. The molecule has 1 saturated heterocycles. The number of hydrogen-bond donors (Lipinski definition) is 0. The fourth-order valence-corrected chi connectivity index (χ4v) is 1.71. The molecule has 0 bridgehead atoms. The Kier molecular flexibility index (Phi) is 7.56. The molecule has 90 valence electrons. The molecule has 1 rings (SSSR count). The third-order valence-electron chi connectivity index (χ3n) is 2.76. The fraction of sp³-hybridized carbons (Fsp3) is 0.818. The van der Waals surface area contributed by atoms with Crippen molar-refractivity contribution in [3.05, 3.63) is 13.2 Å². The van der Waals surface area contributed by atoms with Crippen molar-refractivity contribution < 1.29 is 4.48 Å².